The summed E-state index contributed by atoms with van der Waals surface area (Å²) in [6, 6.07) is 10.0. The Bertz CT molecular complexity index is 1400. The lowest BCUT2D eigenvalue weighted by Gasteiger charge is -2.36. The number of hydrogen-bond donors (Lipinski definition) is 1. The summed E-state index contributed by atoms with van der Waals surface area (Å²) in [6.45, 7) is 3.89. The molecule has 42 heavy (non-hydrogen) atoms. The molecule has 5 rings (SSSR count). The number of esters is 1. The Morgan fingerprint density at radius 2 is 1.93 bits per heavy atom. The van der Waals surface area contributed by atoms with E-state index in [0.717, 1.165) is 74.0 Å². The van der Waals surface area contributed by atoms with Crippen LogP contribution < -0.4 is 10.1 Å². The first kappa shape index (κ1) is 30.0. The number of carbonyl (C=O) groups excluding carboxylic acids is 2. The SMILES string of the molecule is CCOC(=O)C1CCCN(C(=O)C2CCC(Nc3nccc(-n4ccc5c(OCCCS(C)=O)cccc54)n3)CC2)C1. The molecule has 226 valence electrons. The molecule has 10 nitrogen and oxygen atoms in total. The number of nitrogens with one attached hydrogen (secondary N) is 1. The Morgan fingerprint density at radius 3 is 2.71 bits per heavy atom. The van der Waals surface area contributed by atoms with E-state index < -0.39 is 10.8 Å². The van der Waals surface area contributed by atoms with Crippen molar-refractivity contribution in [2.75, 3.05) is 43.6 Å². The van der Waals surface area contributed by atoms with Crippen LogP contribution in [0.5, 0.6) is 5.75 Å². The second-order valence-corrected chi connectivity index (χ2v) is 12.7. The van der Waals surface area contributed by atoms with Crippen molar-refractivity contribution < 1.29 is 23.3 Å². The van der Waals surface area contributed by atoms with Crippen LogP contribution >= 0.6 is 0 Å². The molecule has 0 radical (unpaired) electrons. The van der Waals surface area contributed by atoms with E-state index in [2.05, 4.69) is 10.3 Å². The summed E-state index contributed by atoms with van der Waals surface area (Å²) in [4.78, 5) is 36.6. The van der Waals surface area contributed by atoms with Crippen molar-refractivity contribution in [3.63, 3.8) is 0 Å². The van der Waals surface area contributed by atoms with E-state index in [0.29, 0.717) is 31.5 Å². The molecule has 1 saturated heterocycles. The highest BCUT2D eigenvalue weighted by Gasteiger charge is 2.34. The van der Waals surface area contributed by atoms with Gasteiger partial charge in [0.05, 0.1) is 24.6 Å². The highest BCUT2D eigenvalue weighted by atomic mass is 32.2. The van der Waals surface area contributed by atoms with Crippen molar-refractivity contribution in [3.8, 4) is 11.6 Å². The van der Waals surface area contributed by atoms with Crippen molar-refractivity contribution in [1.82, 2.24) is 19.4 Å². The molecular formula is C31H41N5O5S. The zero-order valence-corrected chi connectivity index (χ0v) is 25.3. The summed E-state index contributed by atoms with van der Waals surface area (Å²) >= 11 is 0. The van der Waals surface area contributed by atoms with Gasteiger partial charge in [-0.05, 0) is 76.1 Å². The second-order valence-electron chi connectivity index (χ2n) is 11.2. The zero-order valence-electron chi connectivity index (χ0n) is 24.5. The molecule has 2 fully saturated rings. The van der Waals surface area contributed by atoms with E-state index in [4.69, 9.17) is 14.5 Å². The van der Waals surface area contributed by atoms with Gasteiger partial charge in [0.15, 0.2) is 0 Å². The van der Waals surface area contributed by atoms with E-state index in [-0.39, 0.29) is 29.8 Å². The van der Waals surface area contributed by atoms with Crippen LogP contribution in [-0.2, 0) is 25.1 Å². The van der Waals surface area contributed by atoms with Gasteiger partial charge in [0, 0.05) is 65.6 Å². The van der Waals surface area contributed by atoms with E-state index in [1.54, 1.807) is 12.5 Å². The number of nitrogens with zero attached hydrogens (tertiary/aromatic N) is 4. The van der Waals surface area contributed by atoms with Crippen LogP contribution in [0.1, 0.15) is 51.9 Å². The Labute approximate surface area is 249 Å². The fraction of sp³-hybridized carbons (Fsp3) is 0.548. The van der Waals surface area contributed by atoms with Crippen LogP contribution in [0, 0.1) is 11.8 Å². The Balaban J connectivity index is 1.17. The molecule has 3 heterocycles. The smallest absolute Gasteiger partial charge is 0.310 e. The molecule has 1 aliphatic heterocycles. The first-order valence-electron chi connectivity index (χ1n) is 15.0. The number of fused-ring (bicyclic) bond motifs is 1. The van der Waals surface area contributed by atoms with Crippen molar-refractivity contribution >= 4 is 39.5 Å². The van der Waals surface area contributed by atoms with Crippen LogP contribution in [0.3, 0.4) is 0 Å². The van der Waals surface area contributed by atoms with E-state index in [1.807, 2.05) is 52.9 Å². The lowest BCUT2D eigenvalue weighted by molar-refractivity contribution is -0.152. The highest BCUT2D eigenvalue weighted by Crippen LogP contribution is 2.31. The first-order chi connectivity index (χ1) is 20.4. The van der Waals surface area contributed by atoms with Gasteiger partial charge in [0.25, 0.3) is 0 Å². The van der Waals surface area contributed by atoms with Gasteiger partial charge < -0.3 is 24.3 Å². The molecular weight excluding hydrogens is 554 g/mol. The fourth-order valence-electron chi connectivity index (χ4n) is 6.02. The minimum atomic E-state index is -0.821. The number of likely N-dealkylation sites (tertiary alicyclic amines) is 1. The Hall–Kier alpha value is -3.47. The third-order valence-electron chi connectivity index (χ3n) is 8.18. The first-order valence-corrected chi connectivity index (χ1v) is 16.7. The normalized spacial score (nSPS) is 21.6. The molecule has 1 aromatic carbocycles. The average molecular weight is 596 g/mol. The van der Waals surface area contributed by atoms with Gasteiger partial charge >= 0.3 is 5.97 Å². The second kappa shape index (κ2) is 14.1. The van der Waals surface area contributed by atoms with Gasteiger partial charge in [0.2, 0.25) is 11.9 Å². The number of carbonyl (C=O) groups is 2. The summed E-state index contributed by atoms with van der Waals surface area (Å²) in [5, 5.41) is 4.48. The van der Waals surface area contributed by atoms with Crippen molar-refractivity contribution in [2.45, 2.75) is 57.9 Å². The molecule has 1 saturated carbocycles. The average Bonchev–Trinajstić information content (AvgIpc) is 3.45. The topological polar surface area (TPSA) is 116 Å². The largest absolute Gasteiger partial charge is 0.493 e. The predicted molar refractivity (Wildman–Crippen MR) is 163 cm³/mol. The number of rotatable bonds is 11. The quantitative estimate of drug-likeness (QED) is 0.257. The molecule has 0 bridgehead atoms. The molecule has 1 aliphatic carbocycles. The molecule has 11 heteroatoms. The Morgan fingerprint density at radius 1 is 1.10 bits per heavy atom. The van der Waals surface area contributed by atoms with Gasteiger partial charge in [-0.2, -0.15) is 4.98 Å². The number of benzene rings is 1. The minimum absolute atomic E-state index is 0.0111. The molecule has 1 N–H and O–H groups in total. The summed E-state index contributed by atoms with van der Waals surface area (Å²) in [5.41, 5.74) is 0.984. The van der Waals surface area contributed by atoms with E-state index in [1.165, 1.54) is 0 Å². The van der Waals surface area contributed by atoms with Crippen LogP contribution in [0.25, 0.3) is 16.7 Å². The lowest BCUT2D eigenvalue weighted by atomic mass is 9.84. The van der Waals surface area contributed by atoms with E-state index in [9.17, 15) is 13.8 Å². The van der Waals surface area contributed by atoms with Crippen LogP contribution in [-0.4, -0.2) is 79.9 Å². The van der Waals surface area contributed by atoms with Crippen molar-refractivity contribution in [3.05, 3.63) is 42.7 Å². The van der Waals surface area contributed by atoms with Gasteiger partial charge in [-0.3, -0.25) is 13.8 Å². The van der Waals surface area contributed by atoms with Gasteiger partial charge in [-0.25, -0.2) is 4.98 Å². The number of piperidine rings is 1. The summed E-state index contributed by atoms with van der Waals surface area (Å²) in [6.07, 6.45) is 11.1. The van der Waals surface area contributed by atoms with Crippen LogP contribution in [0.4, 0.5) is 5.95 Å². The minimum Gasteiger partial charge on any atom is -0.493 e. The Kier molecular flexibility index (Phi) is 10.1. The van der Waals surface area contributed by atoms with Gasteiger partial charge in [-0.1, -0.05) is 6.07 Å². The number of hydrogen-bond acceptors (Lipinski definition) is 8. The standard InChI is InChI=1S/C31H41N5O5S/c1-3-40-30(38)23-7-5-17-35(21-23)29(37)22-10-12-24(13-11-22)33-31-32-16-14-28(34-31)36-18-15-25-26(36)8-4-9-27(25)41-19-6-20-42(2)39/h4,8-9,14-16,18,22-24H,3,5-7,10-13,17,19-21H2,1-2H3,(H,32,33,34). The monoisotopic (exact) mass is 595 g/mol. The van der Waals surface area contributed by atoms with Gasteiger partial charge in [-0.15, -0.1) is 0 Å². The molecule has 2 unspecified atom stereocenters. The van der Waals surface area contributed by atoms with Crippen molar-refractivity contribution in [2.24, 2.45) is 11.8 Å². The molecule has 0 spiro atoms. The lowest BCUT2D eigenvalue weighted by Crippen LogP contribution is -2.46. The molecule has 2 aromatic heterocycles. The molecule has 1 amide bonds. The summed E-state index contributed by atoms with van der Waals surface area (Å²) < 4.78 is 24.5. The van der Waals surface area contributed by atoms with Crippen LogP contribution in [0.15, 0.2) is 42.7 Å². The van der Waals surface area contributed by atoms with Crippen LogP contribution in [0.2, 0.25) is 0 Å². The third-order valence-corrected chi connectivity index (χ3v) is 9.04. The third kappa shape index (κ3) is 7.29. The van der Waals surface area contributed by atoms with E-state index >= 15 is 0 Å². The number of amides is 1. The summed E-state index contributed by atoms with van der Waals surface area (Å²) in [7, 11) is -0.821. The molecule has 2 aliphatic rings. The summed E-state index contributed by atoms with van der Waals surface area (Å²) in [5.74, 6) is 2.51. The zero-order chi connectivity index (χ0) is 29.5. The number of anilines is 1. The number of ether oxygens (including phenoxy) is 2. The number of aromatic nitrogens is 3. The maximum atomic E-state index is 13.3. The van der Waals surface area contributed by atoms with Crippen molar-refractivity contribution in [1.29, 1.82) is 0 Å². The molecule has 2 atom stereocenters. The fourth-order valence-corrected chi connectivity index (χ4v) is 6.54. The van der Waals surface area contributed by atoms with Gasteiger partial charge in [0.1, 0.15) is 11.6 Å². The maximum absolute atomic E-state index is 13.3. The molecule has 3 aromatic rings. The highest BCUT2D eigenvalue weighted by molar-refractivity contribution is 7.84. The predicted octanol–water partition coefficient (Wildman–Crippen LogP) is 4.34. The maximum Gasteiger partial charge on any atom is 0.310 e.